The predicted molar refractivity (Wildman–Crippen MR) is 155 cm³/mol. The molecule has 1 aromatic carbocycles. The minimum atomic E-state index is -0.647. The van der Waals surface area contributed by atoms with Gasteiger partial charge in [-0.3, -0.25) is 19.4 Å². The van der Waals surface area contributed by atoms with Crippen LogP contribution in [0.4, 0.5) is 8.78 Å². The standard InChI is InChI=1S/C30H28ClF2N7O4/c31-19-2-1-18(22(33)11-19)16-43-29-21(32)3-4-23(36-29)17-5-8-39(9-6-17)15-27-35-24-12-25(28-37-30(41)44-38-28)34-13-26(24)40(27)14-20-7-10-42-20/h1-4,11-13,17,20H,5-10,14-16H2,(H,37,38,41)/t20-/m0/s1. The largest absolute Gasteiger partial charge is 0.471 e. The van der Waals surface area contributed by atoms with E-state index in [0.29, 0.717) is 18.8 Å². The van der Waals surface area contributed by atoms with Gasteiger partial charge in [0.2, 0.25) is 5.82 Å². The maximum Gasteiger partial charge on any atom is 0.439 e. The van der Waals surface area contributed by atoms with Crippen LogP contribution >= 0.6 is 11.6 Å². The molecule has 4 aromatic heterocycles. The van der Waals surface area contributed by atoms with E-state index >= 15 is 0 Å². The highest BCUT2D eigenvalue weighted by molar-refractivity contribution is 6.30. The second-order valence-electron chi connectivity index (χ2n) is 11.0. The lowest BCUT2D eigenvalue weighted by atomic mass is 9.93. The van der Waals surface area contributed by atoms with Crippen LogP contribution in [0.25, 0.3) is 22.6 Å². The number of H-pyrrole nitrogens is 1. The molecule has 6 heterocycles. The Balaban J connectivity index is 1.04. The summed E-state index contributed by atoms with van der Waals surface area (Å²) in [5.74, 6) is -0.634. The molecule has 0 radical (unpaired) electrons. The number of likely N-dealkylation sites (tertiary alicyclic amines) is 1. The van der Waals surface area contributed by atoms with Crippen molar-refractivity contribution < 1.29 is 22.8 Å². The van der Waals surface area contributed by atoms with Crippen LogP contribution in [-0.2, 0) is 24.4 Å². The van der Waals surface area contributed by atoms with Crippen molar-refractivity contribution in [1.29, 1.82) is 0 Å². The molecule has 2 fully saturated rings. The minimum absolute atomic E-state index is 0.125. The highest BCUT2D eigenvalue weighted by Crippen LogP contribution is 2.31. The first-order valence-electron chi connectivity index (χ1n) is 14.4. The Bertz CT molecular complexity index is 1860. The number of rotatable bonds is 9. The van der Waals surface area contributed by atoms with Gasteiger partial charge >= 0.3 is 5.76 Å². The number of fused-ring (bicyclic) bond motifs is 1. The first-order chi connectivity index (χ1) is 21.4. The fraction of sp³-hybridized carbons (Fsp3) is 0.367. The Morgan fingerprint density at radius 2 is 1.91 bits per heavy atom. The van der Waals surface area contributed by atoms with Crippen molar-refractivity contribution in [2.75, 3.05) is 19.7 Å². The molecule has 0 spiro atoms. The summed E-state index contributed by atoms with van der Waals surface area (Å²) < 4.78 is 46.7. The van der Waals surface area contributed by atoms with Crippen molar-refractivity contribution in [2.24, 2.45) is 0 Å². The van der Waals surface area contributed by atoms with Gasteiger partial charge in [0.1, 0.15) is 23.9 Å². The molecule has 2 aliphatic heterocycles. The lowest BCUT2D eigenvalue weighted by Crippen LogP contribution is -2.35. The van der Waals surface area contributed by atoms with Gasteiger partial charge in [0.25, 0.3) is 5.88 Å². The molecular formula is C30H28ClF2N7O4. The normalized spacial score (nSPS) is 17.7. The molecule has 14 heteroatoms. The van der Waals surface area contributed by atoms with Crippen LogP contribution < -0.4 is 10.5 Å². The second-order valence-corrected chi connectivity index (χ2v) is 11.5. The number of halogens is 3. The average molecular weight is 624 g/mol. The number of hydrogen-bond acceptors (Lipinski definition) is 9. The summed E-state index contributed by atoms with van der Waals surface area (Å²) in [6.45, 7) is 3.49. The molecule has 44 heavy (non-hydrogen) atoms. The second kappa shape index (κ2) is 12.1. The van der Waals surface area contributed by atoms with Crippen molar-refractivity contribution in [1.82, 2.24) is 34.6 Å². The molecule has 11 nitrogen and oxygen atoms in total. The number of piperidine rings is 1. The third-order valence-electron chi connectivity index (χ3n) is 8.16. The smallest absolute Gasteiger partial charge is 0.439 e. The maximum absolute atomic E-state index is 14.5. The van der Waals surface area contributed by atoms with Crippen LogP contribution in [-0.4, -0.2) is 60.4 Å². The molecule has 1 atom stereocenters. The van der Waals surface area contributed by atoms with E-state index in [2.05, 4.69) is 34.1 Å². The molecule has 0 amide bonds. The number of nitrogens with zero attached hydrogens (tertiary/aromatic N) is 6. The van der Waals surface area contributed by atoms with E-state index in [-0.39, 0.29) is 40.9 Å². The van der Waals surface area contributed by atoms with Crippen LogP contribution in [0.3, 0.4) is 0 Å². The Hall–Kier alpha value is -4.20. The van der Waals surface area contributed by atoms with Crippen LogP contribution in [0, 0.1) is 11.6 Å². The van der Waals surface area contributed by atoms with E-state index in [1.807, 2.05) is 0 Å². The number of pyridine rings is 2. The molecule has 0 saturated carbocycles. The number of hydrogen-bond donors (Lipinski definition) is 1. The summed E-state index contributed by atoms with van der Waals surface area (Å²) in [7, 11) is 0. The van der Waals surface area contributed by atoms with E-state index in [1.165, 1.54) is 18.2 Å². The third kappa shape index (κ3) is 5.94. The van der Waals surface area contributed by atoms with E-state index < -0.39 is 17.4 Å². The van der Waals surface area contributed by atoms with Crippen molar-refractivity contribution >= 4 is 22.6 Å². The number of nitrogens with one attached hydrogen (secondary N) is 1. The fourth-order valence-corrected chi connectivity index (χ4v) is 5.80. The van der Waals surface area contributed by atoms with E-state index in [9.17, 15) is 13.6 Å². The topological polar surface area (TPSA) is 124 Å². The summed E-state index contributed by atoms with van der Waals surface area (Å²) in [5, 5.41) is 4.02. The maximum atomic E-state index is 14.5. The van der Waals surface area contributed by atoms with Gasteiger partial charge in [-0.2, -0.15) is 0 Å². The molecule has 2 saturated heterocycles. The summed E-state index contributed by atoms with van der Waals surface area (Å²) in [4.78, 5) is 30.2. The van der Waals surface area contributed by atoms with Gasteiger partial charge in [-0.05, 0) is 62.7 Å². The Labute approximate surface area is 254 Å². The summed E-state index contributed by atoms with van der Waals surface area (Å²) in [5.41, 5.74) is 3.10. The van der Waals surface area contributed by atoms with Crippen LogP contribution in [0.1, 0.15) is 42.3 Å². The Morgan fingerprint density at radius 1 is 1.07 bits per heavy atom. The fourth-order valence-electron chi connectivity index (χ4n) is 5.64. The molecule has 5 aromatic rings. The summed E-state index contributed by atoms with van der Waals surface area (Å²) >= 11 is 5.82. The monoisotopic (exact) mass is 623 g/mol. The Morgan fingerprint density at radius 3 is 2.64 bits per heavy atom. The zero-order valence-corrected chi connectivity index (χ0v) is 24.3. The number of benzene rings is 1. The molecule has 2 aliphatic rings. The summed E-state index contributed by atoms with van der Waals surface area (Å²) in [6.07, 6.45) is 4.49. The number of aromatic nitrogens is 6. The molecule has 0 aliphatic carbocycles. The SMILES string of the molecule is O=c1[nH]c(-c2cc3nc(CN4CCC(c5ccc(F)c(OCc6ccc(Cl)cc6F)n5)CC4)n(C[C@@H]4CCO4)c3cn2)no1. The van der Waals surface area contributed by atoms with Crippen molar-refractivity contribution in [3.63, 3.8) is 0 Å². The number of aromatic amines is 1. The van der Waals surface area contributed by atoms with E-state index in [1.54, 1.807) is 24.4 Å². The van der Waals surface area contributed by atoms with Crippen LogP contribution in [0.2, 0.25) is 5.02 Å². The average Bonchev–Trinajstić information content (AvgIpc) is 3.58. The lowest BCUT2D eigenvalue weighted by Gasteiger charge is -2.32. The number of ether oxygens (including phenoxy) is 2. The van der Waals surface area contributed by atoms with E-state index in [0.717, 1.165) is 61.5 Å². The van der Waals surface area contributed by atoms with Crippen molar-refractivity contribution in [3.05, 3.63) is 86.9 Å². The molecule has 1 N–H and O–H groups in total. The van der Waals surface area contributed by atoms with E-state index in [4.69, 9.17) is 26.1 Å². The van der Waals surface area contributed by atoms with Crippen molar-refractivity contribution in [3.8, 4) is 17.4 Å². The minimum Gasteiger partial charge on any atom is -0.471 e. The first kappa shape index (κ1) is 28.6. The van der Waals surface area contributed by atoms with Gasteiger partial charge in [0.05, 0.1) is 36.4 Å². The summed E-state index contributed by atoms with van der Waals surface area (Å²) in [6, 6.07) is 9.10. The Kier molecular flexibility index (Phi) is 7.83. The predicted octanol–water partition coefficient (Wildman–Crippen LogP) is 4.85. The number of imidazole rings is 1. The molecule has 228 valence electrons. The third-order valence-corrected chi connectivity index (χ3v) is 8.40. The highest BCUT2D eigenvalue weighted by atomic mass is 35.5. The van der Waals surface area contributed by atoms with Gasteiger partial charge in [-0.15, -0.1) is 0 Å². The van der Waals surface area contributed by atoms with Gasteiger partial charge < -0.3 is 14.0 Å². The molecule has 7 rings (SSSR count). The van der Waals surface area contributed by atoms with Crippen molar-refractivity contribution in [2.45, 2.75) is 51.0 Å². The van der Waals surface area contributed by atoms with Gasteiger partial charge in [-0.25, -0.2) is 23.5 Å². The molecule has 0 unspecified atom stereocenters. The lowest BCUT2D eigenvalue weighted by molar-refractivity contribution is -0.0592. The quantitative estimate of drug-likeness (QED) is 0.245. The van der Waals surface area contributed by atoms with Gasteiger partial charge in [-0.1, -0.05) is 22.8 Å². The zero-order chi connectivity index (χ0) is 30.2. The highest BCUT2D eigenvalue weighted by Gasteiger charge is 2.27. The molecule has 0 bridgehead atoms. The van der Waals surface area contributed by atoms with Crippen LogP contribution in [0.5, 0.6) is 5.88 Å². The first-order valence-corrected chi connectivity index (χ1v) is 14.8. The van der Waals surface area contributed by atoms with Gasteiger partial charge in [0.15, 0.2) is 5.82 Å². The van der Waals surface area contributed by atoms with Crippen LogP contribution in [0.15, 0.2) is 51.9 Å². The molecular weight excluding hydrogens is 596 g/mol. The van der Waals surface area contributed by atoms with Gasteiger partial charge in [0, 0.05) is 28.8 Å². The zero-order valence-electron chi connectivity index (χ0n) is 23.5.